The normalized spacial score (nSPS) is 12.2. The van der Waals surface area contributed by atoms with Gasteiger partial charge in [-0.15, -0.1) is 0 Å². The fourth-order valence-corrected chi connectivity index (χ4v) is 2.08. The van der Waals surface area contributed by atoms with E-state index in [2.05, 4.69) is 12.1 Å². The van der Waals surface area contributed by atoms with E-state index in [9.17, 15) is 4.39 Å². The van der Waals surface area contributed by atoms with Crippen LogP contribution in [0, 0.1) is 5.82 Å². The van der Waals surface area contributed by atoms with Crippen LogP contribution < -0.4 is 10.5 Å². The van der Waals surface area contributed by atoms with E-state index in [1.54, 1.807) is 19.1 Å². The van der Waals surface area contributed by atoms with Gasteiger partial charge in [-0.2, -0.15) is 0 Å². The predicted octanol–water partition coefficient (Wildman–Crippen LogP) is 3.86. The van der Waals surface area contributed by atoms with E-state index in [-0.39, 0.29) is 11.9 Å². The number of halogens is 1. The highest BCUT2D eigenvalue weighted by Crippen LogP contribution is 2.20. The smallest absolute Gasteiger partial charge is 0.131 e. The third kappa shape index (κ3) is 4.07. The van der Waals surface area contributed by atoms with Gasteiger partial charge in [0, 0.05) is 17.7 Å². The Morgan fingerprint density at radius 1 is 1.15 bits per heavy atom. The largest absolute Gasteiger partial charge is 0.493 e. The SMILES string of the molecule is C[C@H](N)c1ccc(OCCCc2ccccc2)cc1F. The Morgan fingerprint density at radius 2 is 1.90 bits per heavy atom. The molecule has 2 N–H and O–H groups in total. The van der Waals surface area contributed by atoms with E-state index in [4.69, 9.17) is 10.5 Å². The van der Waals surface area contributed by atoms with Gasteiger partial charge in [-0.25, -0.2) is 4.39 Å². The van der Waals surface area contributed by atoms with Crippen molar-refractivity contribution in [3.8, 4) is 5.75 Å². The highest BCUT2D eigenvalue weighted by Gasteiger charge is 2.07. The zero-order valence-electron chi connectivity index (χ0n) is 11.7. The number of rotatable bonds is 6. The zero-order valence-corrected chi connectivity index (χ0v) is 11.7. The maximum atomic E-state index is 13.7. The van der Waals surface area contributed by atoms with Crippen molar-refractivity contribution < 1.29 is 9.13 Å². The summed E-state index contributed by atoms with van der Waals surface area (Å²) in [7, 11) is 0. The Morgan fingerprint density at radius 3 is 2.55 bits per heavy atom. The maximum Gasteiger partial charge on any atom is 0.131 e. The van der Waals surface area contributed by atoms with Gasteiger partial charge in [0.25, 0.3) is 0 Å². The summed E-state index contributed by atoms with van der Waals surface area (Å²) in [5.74, 6) is 0.250. The van der Waals surface area contributed by atoms with Gasteiger partial charge in [0.2, 0.25) is 0 Å². The van der Waals surface area contributed by atoms with E-state index < -0.39 is 0 Å². The molecule has 0 unspecified atom stereocenters. The fraction of sp³-hybridized carbons (Fsp3) is 0.294. The predicted molar refractivity (Wildman–Crippen MR) is 79.3 cm³/mol. The molecule has 0 aliphatic heterocycles. The summed E-state index contributed by atoms with van der Waals surface area (Å²) in [5, 5.41) is 0. The van der Waals surface area contributed by atoms with Gasteiger partial charge in [0.1, 0.15) is 11.6 Å². The molecule has 0 bridgehead atoms. The van der Waals surface area contributed by atoms with Crippen LogP contribution in [0.4, 0.5) is 4.39 Å². The molecule has 0 radical (unpaired) electrons. The van der Waals surface area contributed by atoms with Crippen molar-refractivity contribution in [3.63, 3.8) is 0 Å². The molecule has 0 fully saturated rings. The zero-order chi connectivity index (χ0) is 14.4. The van der Waals surface area contributed by atoms with Crippen molar-refractivity contribution in [1.29, 1.82) is 0 Å². The lowest BCUT2D eigenvalue weighted by atomic mass is 10.1. The maximum absolute atomic E-state index is 13.7. The molecular formula is C17H20FNO. The summed E-state index contributed by atoms with van der Waals surface area (Å²) in [4.78, 5) is 0. The van der Waals surface area contributed by atoms with Crippen LogP contribution in [0.25, 0.3) is 0 Å². The minimum atomic E-state index is -0.305. The van der Waals surface area contributed by atoms with Crippen LogP contribution in [-0.2, 0) is 6.42 Å². The van der Waals surface area contributed by atoms with Gasteiger partial charge >= 0.3 is 0 Å². The van der Waals surface area contributed by atoms with Gasteiger partial charge in [-0.3, -0.25) is 0 Å². The molecular weight excluding hydrogens is 253 g/mol. The van der Waals surface area contributed by atoms with Crippen molar-refractivity contribution in [2.45, 2.75) is 25.8 Å². The summed E-state index contributed by atoms with van der Waals surface area (Å²) in [6.45, 7) is 2.34. The van der Waals surface area contributed by atoms with Crippen molar-refractivity contribution in [2.24, 2.45) is 5.73 Å². The summed E-state index contributed by atoms with van der Waals surface area (Å²) >= 11 is 0. The van der Waals surface area contributed by atoms with Gasteiger partial charge in [-0.1, -0.05) is 36.4 Å². The first-order valence-electron chi connectivity index (χ1n) is 6.88. The molecule has 0 amide bonds. The third-order valence-electron chi connectivity index (χ3n) is 3.18. The Hall–Kier alpha value is -1.87. The topological polar surface area (TPSA) is 35.2 Å². The fourth-order valence-electron chi connectivity index (χ4n) is 2.08. The average molecular weight is 273 g/mol. The van der Waals surface area contributed by atoms with E-state index >= 15 is 0 Å². The monoisotopic (exact) mass is 273 g/mol. The lowest BCUT2D eigenvalue weighted by Gasteiger charge is -2.10. The summed E-state index contributed by atoms with van der Waals surface area (Å²) in [6.07, 6.45) is 1.86. The summed E-state index contributed by atoms with van der Waals surface area (Å²) in [5.41, 5.74) is 7.47. The first-order chi connectivity index (χ1) is 9.66. The van der Waals surface area contributed by atoms with Crippen LogP contribution in [0.3, 0.4) is 0 Å². The van der Waals surface area contributed by atoms with E-state index in [1.165, 1.54) is 11.6 Å². The lowest BCUT2D eigenvalue weighted by molar-refractivity contribution is 0.309. The summed E-state index contributed by atoms with van der Waals surface area (Å²) in [6, 6.07) is 14.8. The second-order valence-electron chi connectivity index (χ2n) is 4.91. The van der Waals surface area contributed by atoms with Crippen LogP contribution in [-0.4, -0.2) is 6.61 Å². The molecule has 0 aromatic heterocycles. The minimum absolute atomic E-state index is 0.304. The number of aryl methyl sites for hydroxylation is 1. The van der Waals surface area contributed by atoms with Crippen molar-refractivity contribution in [1.82, 2.24) is 0 Å². The van der Waals surface area contributed by atoms with E-state index in [0.29, 0.717) is 17.9 Å². The molecule has 0 saturated carbocycles. The van der Waals surface area contributed by atoms with Crippen molar-refractivity contribution >= 4 is 0 Å². The third-order valence-corrected chi connectivity index (χ3v) is 3.18. The second-order valence-corrected chi connectivity index (χ2v) is 4.91. The van der Waals surface area contributed by atoms with Crippen molar-refractivity contribution in [2.75, 3.05) is 6.61 Å². The summed E-state index contributed by atoms with van der Waals surface area (Å²) < 4.78 is 19.3. The van der Waals surface area contributed by atoms with Crippen molar-refractivity contribution in [3.05, 3.63) is 65.5 Å². The molecule has 2 rings (SSSR count). The molecule has 0 heterocycles. The molecule has 3 heteroatoms. The number of nitrogens with two attached hydrogens (primary N) is 1. The molecule has 1 atom stereocenters. The lowest BCUT2D eigenvalue weighted by Crippen LogP contribution is -2.07. The van der Waals surface area contributed by atoms with Gasteiger partial charge < -0.3 is 10.5 Å². The second kappa shape index (κ2) is 7.06. The Balaban J connectivity index is 1.81. The molecule has 20 heavy (non-hydrogen) atoms. The highest BCUT2D eigenvalue weighted by molar-refractivity contribution is 5.30. The number of benzene rings is 2. The molecule has 2 aromatic rings. The van der Waals surface area contributed by atoms with Crippen LogP contribution in [0.1, 0.15) is 30.5 Å². The van der Waals surface area contributed by atoms with E-state index in [1.807, 2.05) is 18.2 Å². The molecule has 0 spiro atoms. The van der Waals surface area contributed by atoms with Gasteiger partial charge in [0.05, 0.1) is 6.61 Å². The Kier molecular flexibility index (Phi) is 5.13. The molecule has 0 aliphatic rings. The van der Waals surface area contributed by atoms with Gasteiger partial charge in [-0.05, 0) is 31.4 Å². The number of ether oxygens (including phenoxy) is 1. The number of hydrogen-bond acceptors (Lipinski definition) is 2. The van der Waals surface area contributed by atoms with Crippen LogP contribution in [0.2, 0.25) is 0 Å². The molecule has 0 aliphatic carbocycles. The van der Waals surface area contributed by atoms with Crippen LogP contribution in [0.15, 0.2) is 48.5 Å². The van der Waals surface area contributed by atoms with Crippen LogP contribution >= 0.6 is 0 Å². The first-order valence-corrected chi connectivity index (χ1v) is 6.88. The average Bonchev–Trinajstić information content (AvgIpc) is 2.44. The van der Waals surface area contributed by atoms with E-state index in [0.717, 1.165) is 12.8 Å². The molecule has 2 aromatic carbocycles. The Bertz CT molecular complexity index is 540. The number of hydrogen-bond donors (Lipinski definition) is 1. The highest BCUT2D eigenvalue weighted by atomic mass is 19.1. The quantitative estimate of drug-likeness (QED) is 0.811. The van der Waals surface area contributed by atoms with Crippen LogP contribution in [0.5, 0.6) is 5.75 Å². The first kappa shape index (κ1) is 14.5. The molecule has 2 nitrogen and oxygen atoms in total. The molecule has 106 valence electrons. The minimum Gasteiger partial charge on any atom is -0.493 e. The molecule has 0 saturated heterocycles. The van der Waals surface area contributed by atoms with Gasteiger partial charge in [0.15, 0.2) is 0 Å². The Labute approximate surface area is 119 Å². The standard InChI is InChI=1S/C17H20FNO/c1-13(19)16-10-9-15(12-17(16)18)20-11-5-8-14-6-3-2-4-7-14/h2-4,6-7,9-10,12-13H,5,8,11,19H2,1H3/t13-/m0/s1.